The molecule has 0 aromatic heterocycles. The Morgan fingerprint density at radius 2 is 1.85 bits per heavy atom. The van der Waals surface area contributed by atoms with E-state index in [1.54, 1.807) is 0 Å². The van der Waals surface area contributed by atoms with E-state index in [4.69, 9.17) is 4.74 Å². The molecule has 1 aliphatic heterocycles. The summed E-state index contributed by atoms with van der Waals surface area (Å²) in [6.45, 7) is 7.18. The van der Waals surface area contributed by atoms with Crippen molar-refractivity contribution >= 4 is 17.8 Å². The van der Waals surface area contributed by atoms with Gasteiger partial charge < -0.3 is 4.74 Å². The molecule has 0 unspecified atom stereocenters. The van der Waals surface area contributed by atoms with Crippen LogP contribution in [0.4, 0.5) is 0 Å². The lowest BCUT2D eigenvalue weighted by Crippen LogP contribution is -2.29. The van der Waals surface area contributed by atoms with Gasteiger partial charge in [0.25, 0.3) is 11.8 Å². The maximum absolute atomic E-state index is 12.1. The van der Waals surface area contributed by atoms with Crippen LogP contribution in [0.25, 0.3) is 0 Å². The number of hydrogen-bond donors (Lipinski definition) is 0. The van der Waals surface area contributed by atoms with Crippen LogP contribution in [0.1, 0.15) is 31.1 Å². The number of fused-ring (bicyclic) bond motifs is 1. The summed E-state index contributed by atoms with van der Waals surface area (Å²) in [7, 11) is 0. The zero-order valence-corrected chi connectivity index (χ0v) is 10.8. The van der Waals surface area contributed by atoms with E-state index in [0.29, 0.717) is 0 Å². The zero-order valence-electron chi connectivity index (χ0n) is 10.8. The number of ether oxygens (including phenoxy) is 1. The largest absolute Gasteiger partial charge is 0.458 e. The normalized spacial score (nSPS) is 13.1. The molecule has 5 nitrogen and oxygen atoms in total. The van der Waals surface area contributed by atoms with E-state index in [9.17, 15) is 14.4 Å². The number of carbonyl (C=O) groups is 3. The Bertz CT molecular complexity index is 618. The Morgan fingerprint density at radius 3 is 2.50 bits per heavy atom. The third-order valence-electron chi connectivity index (χ3n) is 2.85. The monoisotopic (exact) mass is 271 g/mol. The SMILES string of the molecule is C=CCOC(=O)c1ccc2c(c1)C(=O)N(CC=C)C2=O. The van der Waals surface area contributed by atoms with Crippen LogP contribution >= 0.6 is 0 Å². The van der Waals surface area contributed by atoms with Crippen LogP contribution in [0.5, 0.6) is 0 Å². The fourth-order valence-corrected chi connectivity index (χ4v) is 1.93. The highest BCUT2D eigenvalue weighted by atomic mass is 16.5. The van der Waals surface area contributed by atoms with Crippen molar-refractivity contribution in [3.8, 4) is 0 Å². The van der Waals surface area contributed by atoms with E-state index in [2.05, 4.69) is 13.2 Å². The molecule has 2 amide bonds. The molecular weight excluding hydrogens is 258 g/mol. The lowest BCUT2D eigenvalue weighted by molar-refractivity contribution is 0.0549. The van der Waals surface area contributed by atoms with Gasteiger partial charge in [-0.05, 0) is 18.2 Å². The minimum atomic E-state index is -0.560. The molecule has 0 atom stereocenters. The first-order valence-corrected chi connectivity index (χ1v) is 5.99. The maximum atomic E-state index is 12.1. The molecule has 5 heteroatoms. The number of hydrogen-bond acceptors (Lipinski definition) is 4. The summed E-state index contributed by atoms with van der Waals surface area (Å²) in [6.07, 6.45) is 2.92. The Morgan fingerprint density at radius 1 is 1.15 bits per heavy atom. The minimum absolute atomic E-state index is 0.0887. The standard InChI is InChI=1S/C15H13NO4/c1-3-7-16-13(17)11-6-5-10(9-12(11)14(16)18)15(19)20-8-4-2/h3-6,9H,1-2,7-8H2. The van der Waals surface area contributed by atoms with E-state index in [-0.39, 0.29) is 35.7 Å². The van der Waals surface area contributed by atoms with Gasteiger partial charge in [0.15, 0.2) is 0 Å². The number of nitrogens with zero attached hydrogens (tertiary/aromatic N) is 1. The quantitative estimate of drug-likeness (QED) is 0.465. The van der Waals surface area contributed by atoms with Crippen molar-refractivity contribution in [3.63, 3.8) is 0 Å². The van der Waals surface area contributed by atoms with Crippen LogP contribution in [0, 0.1) is 0 Å². The van der Waals surface area contributed by atoms with E-state index in [1.165, 1.54) is 30.4 Å². The molecule has 0 bridgehead atoms. The Hall–Kier alpha value is -2.69. The van der Waals surface area contributed by atoms with E-state index in [1.807, 2.05) is 0 Å². The van der Waals surface area contributed by atoms with Crippen molar-refractivity contribution in [1.82, 2.24) is 4.90 Å². The van der Waals surface area contributed by atoms with Gasteiger partial charge in [-0.1, -0.05) is 18.7 Å². The molecule has 0 saturated carbocycles. The number of rotatable bonds is 5. The summed E-state index contributed by atoms with van der Waals surface area (Å²) in [5.74, 6) is -1.37. The van der Waals surface area contributed by atoms with Crippen LogP contribution in [0.15, 0.2) is 43.5 Å². The van der Waals surface area contributed by atoms with E-state index >= 15 is 0 Å². The van der Waals surface area contributed by atoms with Gasteiger partial charge in [-0.2, -0.15) is 0 Å². The van der Waals surface area contributed by atoms with Crippen molar-refractivity contribution in [2.45, 2.75) is 0 Å². The van der Waals surface area contributed by atoms with Gasteiger partial charge in [0.05, 0.1) is 16.7 Å². The molecule has 102 valence electrons. The molecule has 1 heterocycles. The topological polar surface area (TPSA) is 63.7 Å². The fraction of sp³-hybridized carbons (Fsp3) is 0.133. The summed E-state index contributed by atoms with van der Waals surface area (Å²) in [4.78, 5) is 36.8. The van der Waals surface area contributed by atoms with Crippen LogP contribution in [0.2, 0.25) is 0 Å². The molecule has 2 rings (SSSR count). The molecule has 0 fully saturated rings. The number of esters is 1. The molecule has 1 aliphatic rings. The van der Waals surface area contributed by atoms with Crippen LogP contribution in [0.3, 0.4) is 0 Å². The summed E-state index contributed by atoms with van der Waals surface area (Å²) in [5, 5.41) is 0. The highest BCUT2D eigenvalue weighted by molar-refractivity contribution is 6.22. The van der Waals surface area contributed by atoms with Gasteiger partial charge >= 0.3 is 5.97 Å². The second-order valence-electron chi connectivity index (χ2n) is 4.16. The average Bonchev–Trinajstić information content (AvgIpc) is 2.70. The molecule has 0 radical (unpaired) electrons. The molecule has 20 heavy (non-hydrogen) atoms. The van der Waals surface area contributed by atoms with Crippen molar-refractivity contribution in [2.24, 2.45) is 0 Å². The molecule has 1 aromatic rings. The molecule has 0 aliphatic carbocycles. The zero-order chi connectivity index (χ0) is 14.7. The number of amides is 2. The first-order chi connectivity index (χ1) is 9.60. The van der Waals surface area contributed by atoms with Crippen molar-refractivity contribution in [1.29, 1.82) is 0 Å². The second-order valence-corrected chi connectivity index (χ2v) is 4.16. The lowest BCUT2D eigenvalue weighted by atomic mass is 10.1. The average molecular weight is 271 g/mol. The summed E-state index contributed by atoms with van der Waals surface area (Å²) in [6, 6.07) is 4.31. The van der Waals surface area contributed by atoms with E-state index < -0.39 is 11.9 Å². The number of carbonyl (C=O) groups excluding carboxylic acids is 3. The predicted octanol–water partition coefficient (Wildman–Crippen LogP) is 1.81. The molecular formula is C15H13NO4. The second kappa shape index (κ2) is 5.52. The van der Waals surface area contributed by atoms with Gasteiger partial charge in [0, 0.05) is 6.54 Å². The third kappa shape index (κ3) is 2.25. The summed E-state index contributed by atoms with van der Waals surface area (Å²) in [5.41, 5.74) is 0.731. The van der Waals surface area contributed by atoms with Crippen molar-refractivity contribution < 1.29 is 19.1 Å². The Balaban J connectivity index is 2.32. The van der Waals surface area contributed by atoms with Crippen LogP contribution < -0.4 is 0 Å². The predicted molar refractivity (Wildman–Crippen MR) is 72.5 cm³/mol. The lowest BCUT2D eigenvalue weighted by Gasteiger charge is -2.09. The highest BCUT2D eigenvalue weighted by Gasteiger charge is 2.35. The molecule has 0 N–H and O–H groups in total. The van der Waals surface area contributed by atoms with Crippen LogP contribution in [-0.4, -0.2) is 35.8 Å². The molecule has 0 saturated heterocycles. The first-order valence-electron chi connectivity index (χ1n) is 5.99. The summed E-state index contributed by atoms with van der Waals surface area (Å²) < 4.78 is 4.89. The van der Waals surface area contributed by atoms with Gasteiger partial charge in [-0.15, -0.1) is 6.58 Å². The van der Waals surface area contributed by atoms with Crippen molar-refractivity contribution in [2.75, 3.05) is 13.2 Å². The van der Waals surface area contributed by atoms with Gasteiger partial charge in [-0.3, -0.25) is 14.5 Å². The first kappa shape index (κ1) is 13.7. The molecule has 0 spiro atoms. The van der Waals surface area contributed by atoms with E-state index in [0.717, 1.165) is 4.90 Å². The smallest absolute Gasteiger partial charge is 0.338 e. The Labute approximate surface area is 116 Å². The van der Waals surface area contributed by atoms with Gasteiger partial charge in [0.1, 0.15) is 6.61 Å². The molecule has 1 aromatic carbocycles. The van der Waals surface area contributed by atoms with Gasteiger partial charge in [-0.25, -0.2) is 4.79 Å². The third-order valence-corrected chi connectivity index (χ3v) is 2.85. The van der Waals surface area contributed by atoms with Gasteiger partial charge in [0.2, 0.25) is 0 Å². The number of benzene rings is 1. The highest BCUT2D eigenvalue weighted by Crippen LogP contribution is 2.24. The number of imide groups is 1. The van der Waals surface area contributed by atoms with Crippen molar-refractivity contribution in [3.05, 3.63) is 60.2 Å². The Kier molecular flexibility index (Phi) is 3.79. The van der Waals surface area contributed by atoms with Crippen LogP contribution in [-0.2, 0) is 4.74 Å². The fourth-order valence-electron chi connectivity index (χ4n) is 1.93. The summed E-state index contributed by atoms with van der Waals surface area (Å²) >= 11 is 0. The minimum Gasteiger partial charge on any atom is -0.458 e. The maximum Gasteiger partial charge on any atom is 0.338 e.